The van der Waals surface area contributed by atoms with Gasteiger partial charge in [0.2, 0.25) is 5.91 Å². The molecule has 1 aliphatic heterocycles. The Balaban J connectivity index is 1.99. The molecule has 0 radical (unpaired) electrons. The predicted octanol–water partition coefficient (Wildman–Crippen LogP) is 0.884. The van der Waals surface area contributed by atoms with Crippen molar-refractivity contribution in [1.82, 2.24) is 10.3 Å². The lowest BCUT2D eigenvalue weighted by Crippen LogP contribution is -2.36. The quantitative estimate of drug-likeness (QED) is 0.824. The first-order valence-corrected chi connectivity index (χ1v) is 5.54. The molecule has 0 spiro atoms. The maximum Gasteiger partial charge on any atom is 0.270 e. The third kappa shape index (κ3) is 1.67. The fourth-order valence-corrected chi connectivity index (χ4v) is 1.97. The molecule has 2 amide bonds. The van der Waals surface area contributed by atoms with E-state index in [4.69, 9.17) is 4.42 Å². The van der Waals surface area contributed by atoms with E-state index < -0.39 is 0 Å². The van der Waals surface area contributed by atoms with Gasteiger partial charge in [-0.05, 0) is 18.2 Å². The Morgan fingerprint density at radius 2 is 2.22 bits per heavy atom. The van der Waals surface area contributed by atoms with Crippen LogP contribution in [0.2, 0.25) is 0 Å². The number of rotatable bonds is 2. The molecule has 0 aliphatic carbocycles. The minimum Gasteiger partial charge on any atom is -0.467 e. The van der Waals surface area contributed by atoms with Gasteiger partial charge < -0.3 is 19.6 Å². The summed E-state index contributed by atoms with van der Waals surface area (Å²) in [4.78, 5) is 28.1. The smallest absolute Gasteiger partial charge is 0.270 e. The van der Waals surface area contributed by atoms with Crippen molar-refractivity contribution < 1.29 is 14.0 Å². The van der Waals surface area contributed by atoms with Gasteiger partial charge >= 0.3 is 0 Å². The standard InChI is InChI=1S/C12H11N3O3/c16-10-6-14-12(17)11-9(3-4-13-11)15(10)7-8-2-1-5-18-8/h1-5,13H,6-7H2,(H,14,17). The number of amides is 2. The van der Waals surface area contributed by atoms with E-state index in [1.165, 1.54) is 4.90 Å². The minimum atomic E-state index is -0.273. The van der Waals surface area contributed by atoms with Crippen LogP contribution in [-0.2, 0) is 11.3 Å². The lowest BCUT2D eigenvalue weighted by atomic mass is 10.3. The number of carbonyl (C=O) groups excluding carboxylic acids is 2. The average Bonchev–Trinajstić information content (AvgIpc) is 3.00. The van der Waals surface area contributed by atoms with E-state index in [-0.39, 0.29) is 18.4 Å². The summed E-state index contributed by atoms with van der Waals surface area (Å²) in [6, 6.07) is 5.26. The van der Waals surface area contributed by atoms with E-state index >= 15 is 0 Å². The summed E-state index contributed by atoms with van der Waals surface area (Å²) in [5, 5.41) is 2.55. The van der Waals surface area contributed by atoms with Crippen LogP contribution in [-0.4, -0.2) is 23.3 Å². The number of aromatic amines is 1. The van der Waals surface area contributed by atoms with Gasteiger partial charge in [0.05, 0.1) is 25.0 Å². The molecule has 1 aliphatic rings. The molecule has 6 heteroatoms. The summed E-state index contributed by atoms with van der Waals surface area (Å²) < 4.78 is 5.23. The van der Waals surface area contributed by atoms with Gasteiger partial charge in [0.1, 0.15) is 11.5 Å². The molecule has 92 valence electrons. The highest BCUT2D eigenvalue weighted by Gasteiger charge is 2.27. The van der Waals surface area contributed by atoms with Gasteiger partial charge in [-0.25, -0.2) is 0 Å². The Morgan fingerprint density at radius 3 is 3.00 bits per heavy atom. The summed E-state index contributed by atoms with van der Waals surface area (Å²) in [5.74, 6) is 0.230. The highest BCUT2D eigenvalue weighted by atomic mass is 16.3. The summed E-state index contributed by atoms with van der Waals surface area (Å²) in [6.07, 6.45) is 3.19. The van der Waals surface area contributed by atoms with Gasteiger partial charge in [0.15, 0.2) is 0 Å². The van der Waals surface area contributed by atoms with Crippen LogP contribution in [0.15, 0.2) is 35.1 Å². The second-order valence-corrected chi connectivity index (χ2v) is 3.98. The maximum atomic E-state index is 12.0. The number of hydrogen-bond acceptors (Lipinski definition) is 3. The monoisotopic (exact) mass is 245 g/mol. The number of nitrogens with zero attached hydrogens (tertiary/aromatic N) is 1. The number of furan rings is 1. The Labute approximate surface area is 103 Å². The summed E-state index contributed by atoms with van der Waals surface area (Å²) in [5.41, 5.74) is 0.971. The van der Waals surface area contributed by atoms with Crippen molar-refractivity contribution in [3.63, 3.8) is 0 Å². The van der Waals surface area contributed by atoms with E-state index in [0.717, 1.165) is 0 Å². The molecule has 0 saturated heterocycles. The van der Waals surface area contributed by atoms with Gasteiger partial charge in [-0.2, -0.15) is 0 Å². The van der Waals surface area contributed by atoms with Crippen molar-refractivity contribution in [3.05, 3.63) is 42.1 Å². The molecule has 0 unspecified atom stereocenters. The first-order valence-electron chi connectivity index (χ1n) is 5.54. The third-order valence-electron chi connectivity index (χ3n) is 2.84. The van der Waals surface area contributed by atoms with Gasteiger partial charge in [-0.3, -0.25) is 9.59 Å². The lowest BCUT2D eigenvalue weighted by molar-refractivity contribution is -0.117. The molecule has 2 aromatic heterocycles. The highest BCUT2D eigenvalue weighted by Crippen LogP contribution is 2.23. The SMILES string of the molecule is O=C1NCC(=O)N(Cc2ccco2)c2cc[nH]c21. The van der Waals surface area contributed by atoms with Gasteiger partial charge in [-0.15, -0.1) is 0 Å². The topological polar surface area (TPSA) is 78.3 Å². The zero-order valence-corrected chi connectivity index (χ0v) is 9.47. The number of hydrogen-bond donors (Lipinski definition) is 2. The van der Waals surface area contributed by atoms with Crippen molar-refractivity contribution in [1.29, 1.82) is 0 Å². The first kappa shape index (κ1) is 10.6. The second-order valence-electron chi connectivity index (χ2n) is 3.98. The largest absolute Gasteiger partial charge is 0.467 e. The van der Waals surface area contributed by atoms with Gasteiger partial charge in [-0.1, -0.05) is 0 Å². The van der Waals surface area contributed by atoms with Crippen LogP contribution in [0.1, 0.15) is 16.2 Å². The Morgan fingerprint density at radius 1 is 1.33 bits per heavy atom. The number of fused-ring (bicyclic) bond motifs is 1. The summed E-state index contributed by atoms with van der Waals surface area (Å²) in [6.45, 7) is 0.299. The van der Waals surface area contributed by atoms with Crippen LogP contribution in [0.25, 0.3) is 0 Å². The Kier molecular flexibility index (Phi) is 2.40. The van der Waals surface area contributed by atoms with Crippen molar-refractivity contribution in [3.8, 4) is 0 Å². The zero-order valence-electron chi connectivity index (χ0n) is 9.47. The molecule has 6 nitrogen and oxygen atoms in total. The molecule has 2 aromatic rings. The fraction of sp³-hybridized carbons (Fsp3) is 0.167. The van der Waals surface area contributed by atoms with Gasteiger partial charge in [0, 0.05) is 6.20 Å². The number of anilines is 1. The molecular weight excluding hydrogens is 234 g/mol. The highest BCUT2D eigenvalue weighted by molar-refractivity contribution is 6.08. The number of H-pyrrole nitrogens is 1. The Hall–Kier alpha value is -2.50. The van der Waals surface area contributed by atoms with Crippen LogP contribution < -0.4 is 10.2 Å². The van der Waals surface area contributed by atoms with Crippen molar-refractivity contribution in [2.45, 2.75) is 6.54 Å². The molecule has 0 atom stereocenters. The van der Waals surface area contributed by atoms with Crippen LogP contribution in [0.5, 0.6) is 0 Å². The van der Waals surface area contributed by atoms with Crippen LogP contribution in [0.3, 0.4) is 0 Å². The van der Waals surface area contributed by atoms with E-state index in [1.54, 1.807) is 30.7 Å². The minimum absolute atomic E-state index is 0.0118. The summed E-state index contributed by atoms with van der Waals surface area (Å²) in [7, 11) is 0. The molecule has 3 rings (SSSR count). The molecule has 3 heterocycles. The van der Waals surface area contributed by atoms with Crippen LogP contribution in [0.4, 0.5) is 5.69 Å². The predicted molar refractivity (Wildman–Crippen MR) is 63.0 cm³/mol. The average molecular weight is 245 g/mol. The van der Waals surface area contributed by atoms with E-state index in [1.807, 2.05) is 0 Å². The molecule has 0 bridgehead atoms. The third-order valence-corrected chi connectivity index (χ3v) is 2.84. The van der Waals surface area contributed by atoms with E-state index in [9.17, 15) is 9.59 Å². The van der Waals surface area contributed by atoms with Crippen LogP contribution in [0, 0.1) is 0 Å². The molecular formula is C12H11N3O3. The zero-order chi connectivity index (χ0) is 12.5. The molecule has 0 aromatic carbocycles. The van der Waals surface area contributed by atoms with Crippen LogP contribution >= 0.6 is 0 Å². The van der Waals surface area contributed by atoms with Gasteiger partial charge in [0.25, 0.3) is 5.91 Å². The maximum absolute atomic E-state index is 12.0. The van der Waals surface area contributed by atoms with Crippen molar-refractivity contribution in [2.24, 2.45) is 0 Å². The van der Waals surface area contributed by atoms with E-state index in [2.05, 4.69) is 10.3 Å². The number of carbonyl (C=O) groups is 2. The first-order chi connectivity index (χ1) is 8.75. The molecule has 0 saturated carbocycles. The molecule has 2 N–H and O–H groups in total. The fourth-order valence-electron chi connectivity index (χ4n) is 1.97. The number of aromatic nitrogens is 1. The summed E-state index contributed by atoms with van der Waals surface area (Å²) >= 11 is 0. The lowest BCUT2D eigenvalue weighted by Gasteiger charge is -2.18. The second kappa shape index (κ2) is 4.06. The Bertz CT molecular complexity index is 585. The molecule has 0 fully saturated rings. The number of nitrogens with one attached hydrogen (secondary N) is 2. The molecule has 18 heavy (non-hydrogen) atoms. The van der Waals surface area contributed by atoms with Crippen molar-refractivity contribution in [2.75, 3.05) is 11.4 Å². The van der Waals surface area contributed by atoms with Crippen molar-refractivity contribution >= 4 is 17.5 Å². The normalized spacial score (nSPS) is 15.2. The van der Waals surface area contributed by atoms with E-state index in [0.29, 0.717) is 23.7 Å².